The van der Waals surface area contributed by atoms with Gasteiger partial charge in [-0.25, -0.2) is 0 Å². The Balaban J connectivity index is 2.25. The summed E-state index contributed by atoms with van der Waals surface area (Å²) in [5.74, 6) is -10.4. The number of phenolic OH excluding ortho intramolecular Hbond substituents is 2. The minimum absolute atomic E-state index is 0.00394. The van der Waals surface area contributed by atoms with E-state index >= 15 is 0 Å². The molecule has 0 aliphatic rings. The Bertz CT molecular complexity index is 2300. The number of phenols is 2. The van der Waals surface area contributed by atoms with Crippen LogP contribution >= 0.6 is 21.6 Å². The average Bonchev–Trinajstić information content (AvgIpc) is 3.40. The van der Waals surface area contributed by atoms with Crippen LogP contribution in [-0.4, -0.2) is 191 Å². The van der Waals surface area contributed by atoms with Gasteiger partial charge in [0, 0.05) is 24.6 Å². The van der Waals surface area contributed by atoms with Gasteiger partial charge in [0.25, 0.3) is 0 Å². The predicted molar refractivity (Wildman–Crippen MR) is 294 cm³/mol. The quantitative estimate of drug-likeness (QED) is 0.0129. The summed E-state index contributed by atoms with van der Waals surface area (Å²) in [6.07, 6.45) is 0.368. The normalized spacial score (nSPS) is 13.8. The Hall–Kier alpha value is -8.18. The highest BCUT2D eigenvalue weighted by Gasteiger charge is 2.30. The van der Waals surface area contributed by atoms with Crippen LogP contribution in [0.15, 0.2) is 58.5 Å². The molecule has 80 heavy (non-hydrogen) atoms. The molecule has 0 heterocycles. The molecule has 34 heteroatoms. The first-order valence-electron chi connectivity index (χ1n) is 24.4. The summed E-state index contributed by atoms with van der Waals surface area (Å²) in [5, 5.41) is 57.9. The van der Waals surface area contributed by atoms with Crippen molar-refractivity contribution in [1.82, 2.24) is 42.5 Å². The molecule has 0 saturated carbocycles. The Morgan fingerprint density at radius 3 is 1.07 bits per heavy atom. The van der Waals surface area contributed by atoms with E-state index in [2.05, 4.69) is 52.5 Å². The molecule has 0 aromatic heterocycles. The molecular formula is C46H72N18O14S2. The van der Waals surface area contributed by atoms with Crippen molar-refractivity contribution in [3.63, 3.8) is 0 Å². The van der Waals surface area contributed by atoms with E-state index in [4.69, 9.17) is 45.9 Å². The number of nitrogens with one attached hydrogen (secondary N) is 8. The second kappa shape index (κ2) is 36.1. The maximum absolute atomic E-state index is 13.7. The zero-order chi connectivity index (χ0) is 59.9. The van der Waals surface area contributed by atoms with E-state index in [-0.39, 0.29) is 86.5 Å². The number of aromatic hydroxyl groups is 2. The summed E-state index contributed by atoms with van der Waals surface area (Å²) in [6, 6.07) is 0.477. The largest absolute Gasteiger partial charge is 0.508 e. The molecule has 8 atom stereocenters. The Labute approximate surface area is 466 Å². The molecule has 0 radical (unpaired) electrons. The molecule has 0 bridgehead atoms. The molecule has 2 rings (SSSR count). The first kappa shape index (κ1) is 67.9. The molecule has 0 aliphatic carbocycles. The van der Waals surface area contributed by atoms with Gasteiger partial charge in [-0.05, 0) is 73.9 Å². The third kappa shape index (κ3) is 26.9. The highest BCUT2D eigenvalue weighted by molar-refractivity contribution is 8.76. The van der Waals surface area contributed by atoms with Gasteiger partial charge < -0.3 is 109 Å². The molecule has 442 valence electrons. The van der Waals surface area contributed by atoms with Crippen LogP contribution in [0.3, 0.4) is 0 Å². The Kier molecular flexibility index (Phi) is 30.6. The summed E-state index contributed by atoms with van der Waals surface area (Å²) in [6.45, 7) is -3.29. The summed E-state index contributed by atoms with van der Waals surface area (Å²) in [5.41, 5.74) is 45.5. The van der Waals surface area contributed by atoms with E-state index in [1.807, 2.05) is 0 Å². The van der Waals surface area contributed by atoms with Gasteiger partial charge in [0.05, 0.1) is 38.4 Å². The van der Waals surface area contributed by atoms with Gasteiger partial charge >= 0.3 is 0 Å². The molecule has 0 spiro atoms. The van der Waals surface area contributed by atoms with Crippen molar-refractivity contribution < 1.29 is 68.4 Å². The summed E-state index contributed by atoms with van der Waals surface area (Å²) >= 11 is 0. The lowest BCUT2D eigenvalue weighted by atomic mass is 10.1. The molecular weight excluding hydrogens is 1090 g/mol. The minimum Gasteiger partial charge on any atom is -0.508 e. The summed E-state index contributed by atoms with van der Waals surface area (Å²) < 4.78 is 0. The number of carbonyl (C=O) groups is 10. The van der Waals surface area contributed by atoms with Crippen LogP contribution in [-0.2, 0) is 60.8 Å². The fourth-order valence-corrected chi connectivity index (χ4v) is 9.02. The summed E-state index contributed by atoms with van der Waals surface area (Å²) in [7, 11) is 1.79. The van der Waals surface area contributed by atoms with Crippen molar-refractivity contribution in [1.29, 1.82) is 0 Å². The molecule has 0 aliphatic heterocycles. The predicted octanol–water partition coefficient (Wildman–Crippen LogP) is -8.88. The molecule has 28 N–H and O–H groups in total. The van der Waals surface area contributed by atoms with Gasteiger partial charge in [0.15, 0.2) is 11.9 Å². The van der Waals surface area contributed by atoms with Gasteiger partial charge in [0.1, 0.15) is 47.8 Å². The van der Waals surface area contributed by atoms with E-state index in [0.29, 0.717) is 11.1 Å². The Morgan fingerprint density at radius 2 is 0.775 bits per heavy atom. The van der Waals surface area contributed by atoms with E-state index in [1.165, 1.54) is 48.5 Å². The monoisotopic (exact) mass is 1160 g/mol. The number of hydrogen-bond donors (Lipinski definition) is 20. The fourth-order valence-electron chi connectivity index (χ4n) is 6.70. The van der Waals surface area contributed by atoms with E-state index in [1.54, 1.807) is 0 Å². The number of rotatable bonds is 37. The fraction of sp³-hybridized carbons (Fsp3) is 0.478. The van der Waals surface area contributed by atoms with Gasteiger partial charge in [-0.1, -0.05) is 45.9 Å². The number of nitrogens with zero attached hydrogens (tertiary/aromatic N) is 2. The van der Waals surface area contributed by atoms with Crippen LogP contribution in [0.1, 0.15) is 36.8 Å². The highest BCUT2D eigenvalue weighted by atomic mass is 33.1. The third-order valence-electron chi connectivity index (χ3n) is 11.0. The smallest absolute Gasteiger partial charge is 0.245 e. The van der Waals surface area contributed by atoms with E-state index in [0.717, 1.165) is 21.6 Å². The van der Waals surface area contributed by atoms with Crippen molar-refractivity contribution in [2.45, 2.75) is 86.9 Å². The number of guanidine groups is 2. The van der Waals surface area contributed by atoms with Gasteiger partial charge in [-0.2, -0.15) is 0 Å². The number of nitrogens with two attached hydrogens (primary N) is 8. The number of hydrogen-bond acceptors (Lipinski definition) is 20. The van der Waals surface area contributed by atoms with Crippen LogP contribution < -0.4 is 88.4 Å². The Morgan fingerprint density at radius 1 is 0.450 bits per heavy atom. The highest BCUT2D eigenvalue weighted by Crippen LogP contribution is 2.24. The molecule has 10 amide bonds. The second-order valence-corrected chi connectivity index (χ2v) is 20.1. The number of benzene rings is 2. The van der Waals surface area contributed by atoms with E-state index < -0.39 is 134 Å². The molecule has 0 unspecified atom stereocenters. The lowest BCUT2D eigenvalue weighted by molar-refractivity contribution is -0.133. The molecule has 32 nitrogen and oxygen atoms in total. The minimum atomic E-state index is -1.62. The van der Waals surface area contributed by atoms with Crippen LogP contribution in [0.25, 0.3) is 0 Å². The second-order valence-electron chi connectivity index (χ2n) is 17.5. The first-order valence-corrected chi connectivity index (χ1v) is 26.9. The number of aliphatic hydroxyl groups is 2. The van der Waals surface area contributed by atoms with Crippen molar-refractivity contribution in [3.8, 4) is 11.5 Å². The van der Waals surface area contributed by atoms with Crippen molar-refractivity contribution in [3.05, 3.63) is 59.7 Å². The first-order chi connectivity index (χ1) is 37.8. The van der Waals surface area contributed by atoms with Gasteiger partial charge in [0.2, 0.25) is 59.1 Å². The average molecular weight is 1170 g/mol. The lowest BCUT2D eigenvalue weighted by Gasteiger charge is -2.23. The van der Waals surface area contributed by atoms with Crippen molar-refractivity contribution in [2.75, 3.05) is 50.9 Å². The van der Waals surface area contributed by atoms with Gasteiger partial charge in [-0.3, -0.25) is 57.9 Å². The van der Waals surface area contributed by atoms with Gasteiger partial charge in [-0.15, -0.1) is 0 Å². The zero-order valence-electron chi connectivity index (χ0n) is 43.3. The van der Waals surface area contributed by atoms with Crippen LogP contribution in [0, 0.1) is 0 Å². The zero-order valence-corrected chi connectivity index (χ0v) is 45.0. The molecule has 2 aromatic carbocycles. The maximum atomic E-state index is 13.7. The lowest BCUT2D eigenvalue weighted by Crippen LogP contribution is -2.57. The standard InChI is InChI=1S/C46H72N18O14S2/c47-27(15-23-5-9-25(67)10-6-23)39(73)63-33(41(75)57-17-35(69)59-31(19-65)43(77)61-29(37(49)71)3-1-13-55-45(51)52)21-79-80-22-34(64-40(74)28(48)16-24-7-11-26(68)12-8-24)42(76)58-18-36(70)60-32(20-66)44(78)62-30(38(50)72)4-2-14-56-46(53)54/h5-12,27-34,65-68H,1-4,13-22,47-48H2,(H2,49,71)(H2,50,72)(H,57,75)(H,58,76)(H,59,69)(H,60,70)(H,61,77)(H,62,78)(H,63,73)(H,64,74)(H4,51,52,55)(H4,53,54,56)/t27-,28-,29-,30-,31-,32-,33-,34-/m0/s1. The molecule has 2 aromatic rings. The number of aliphatic hydroxyl groups excluding tert-OH is 2. The number of carbonyl (C=O) groups excluding carboxylic acids is 10. The number of amides is 10. The van der Waals surface area contributed by atoms with Crippen LogP contribution in [0.2, 0.25) is 0 Å². The van der Waals surface area contributed by atoms with Crippen molar-refractivity contribution in [2.24, 2.45) is 55.9 Å². The third-order valence-corrected chi connectivity index (χ3v) is 13.4. The molecule has 0 fully saturated rings. The molecule has 0 saturated heterocycles. The summed E-state index contributed by atoms with van der Waals surface area (Å²) in [4.78, 5) is 138. The number of primary amides is 2. The van der Waals surface area contributed by atoms with Crippen LogP contribution in [0.5, 0.6) is 11.5 Å². The van der Waals surface area contributed by atoms with Crippen LogP contribution in [0.4, 0.5) is 0 Å². The van der Waals surface area contributed by atoms with Crippen molar-refractivity contribution >= 4 is 92.6 Å². The topological polar surface area (TPSA) is 581 Å². The SMILES string of the molecule is NC(=O)[C@H](CCCN=C(N)N)NC(=O)[C@H](CO)NC(=O)CNC(=O)[C@H](CSSC[C@H](NC(=O)[C@@H](N)Cc1ccc(O)cc1)C(=O)NCC(=O)N[C@@H](CO)C(=O)N[C@@H](CCCN=C(N)N)C(N)=O)NC(=O)[C@@H](N)Cc1ccc(O)cc1. The number of aliphatic imine (C=N–C) groups is 2. The maximum Gasteiger partial charge on any atom is 0.245 e. The van der Waals surface area contributed by atoms with E-state index in [9.17, 15) is 68.4 Å².